The fraction of sp³-hybridized carbons (Fsp3) is 0.286. The van der Waals surface area contributed by atoms with Crippen LogP contribution >= 0.6 is 7.75 Å². The predicted octanol–water partition coefficient (Wildman–Crippen LogP) is 5.97. The molecule has 0 amide bonds. The van der Waals surface area contributed by atoms with E-state index in [0.717, 1.165) is 5.56 Å². The summed E-state index contributed by atoms with van der Waals surface area (Å²) >= 11 is 0. The average molecular weight is 505 g/mol. The van der Waals surface area contributed by atoms with Crippen LogP contribution in [-0.4, -0.2) is 30.8 Å². The summed E-state index contributed by atoms with van der Waals surface area (Å²) in [5, 5.41) is 10.7. The summed E-state index contributed by atoms with van der Waals surface area (Å²) in [6, 6.07) is 29.4. The molecule has 5 atom stereocenters. The number of hydrogen-bond acceptors (Lipinski definition) is 6. The number of methoxy groups -OCH3 is 1. The van der Waals surface area contributed by atoms with Gasteiger partial charge in [0.2, 0.25) is 0 Å². The van der Waals surface area contributed by atoms with E-state index in [1.165, 1.54) is 7.11 Å². The standard InChI is InChI=1S/C28H29N2O5P/c1-21-27(23-15-9-5-10-16-23)34-36(32,30(21)2)35-28(20-29,24-17-11-6-12-18-24)25(19-26(31)33-3)22-13-7-4-8-14-22/h4-18,21,25,27H,19H2,1-3H3. The lowest BCUT2D eigenvalue weighted by atomic mass is 9.76. The molecule has 36 heavy (non-hydrogen) atoms. The number of esters is 1. The van der Waals surface area contributed by atoms with Gasteiger partial charge in [-0.2, -0.15) is 5.26 Å². The van der Waals surface area contributed by atoms with Crippen LogP contribution in [0, 0.1) is 11.3 Å². The summed E-state index contributed by atoms with van der Waals surface area (Å²) in [6.07, 6.45) is -0.686. The molecule has 186 valence electrons. The average Bonchev–Trinajstić information content (AvgIpc) is 3.15. The molecule has 5 unspecified atom stereocenters. The van der Waals surface area contributed by atoms with Gasteiger partial charge in [-0.15, -0.1) is 0 Å². The van der Waals surface area contributed by atoms with Gasteiger partial charge in [0.15, 0.2) is 5.60 Å². The molecular formula is C28H29N2O5P. The number of carbonyl (C=O) groups is 1. The summed E-state index contributed by atoms with van der Waals surface area (Å²) < 4.78 is 33.5. The van der Waals surface area contributed by atoms with Gasteiger partial charge < -0.3 is 4.74 Å². The van der Waals surface area contributed by atoms with Crippen LogP contribution in [0.25, 0.3) is 0 Å². The van der Waals surface area contributed by atoms with E-state index in [-0.39, 0.29) is 12.5 Å². The monoisotopic (exact) mass is 504 g/mol. The van der Waals surface area contributed by atoms with Crippen LogP contribution in [0.3, 0.4) is 0 Å². The van der Waals surface area contributed by atoms with Crippen molar-refractivity contribution in [3.63, 3.8) is 0 Å². The minimum Gasteiger partial charge on any atom is -0.469 e. The Hall–Kier alpha value is -3.27. The molecule has 1 aliphatic heterocycles. The van der Waals surface area contributed by atoms with Crippen molar-refractivity contribution in [3.05, 3.63) is 108 Å². The van der Waals surface area contributed by atoms with Crippen LogP contribution in [0.4, 0.5) is 0 Å². The largest absolute Gasteiger partial charge is 0.469 e. The van der Waals surface area contributed by atoms with E-state index in [0.29, 0.717) is 11.1 Å². The van der Waals surface area contributed by atoms with Crippen molar-refractivity contribution in [1.82, 2.24) is 4.67 Å². The van der Waals surface area contributed by atoms with Crippen molar-refractivity contribution in [2.45, 2.75) is 37.0 Å². The Kier molecular flexibility index (Phi) is 7.73. The lowest BCUT2D eigenvalue weighted by Gasteiger charge is -2.37. The first-order valence-corrected chi connectivity index (χ1v) is 13.2. The molecule has 0 bridgehead atoms. The SMILES string of the molecule is COC(=O)CC(c1ccccc1)C(C#N)(OP1(=O)OC(c2ccccc2)C(C)N1C)c1ccccc1. The normalized spacial score (nSPS) is 24.4. The van der Waals surface area contributed by atoms with E-state index in [1.54, 1.807) is 36.0 Å². The topological polar surface area (TPSA) is 88.9 Å². The Morgan fingerprint density at radius 3 is 2.17 bits per heavy atom. The van der Waals surface area contributed by atoms with Gasteiger partial charge in [-0.1, -0.05) is 91.0 Å². The molecule has 1 fully saturated rings. The predicted molar refractivity (Wildman–Crippen MR) is 136 cm³/mol. The Bertz CT molecular complexity index is 1270. The zero-order chi connectivity index (χ0) is 25.8. The summed E-state index contributed by atoms with van der Waals surface area (Å²) in [5.74, 6) is -1.34. The van der Waals surface area contributed by atoms with Crippen molar-refractivity contribution >= 4 is 13.7 Å². The second kappa shape index (κ2) is 10.8. The highest BCUT2D eigenvalue weighted by Crippen LogP contribution is 2.67. The number of likely N-dealkylation sites (N-methyl/N-ethyl adjacent to an activating group) is 1. The van der Waals surface area contributed by atoms with Gasteiger partial charge in [0.1, 0.15) is 12.2 Å². The smallest absolute Gasteiger partial charge is 0.410 e. The maximum Gasteiger partial charge on any atom is 0.410 e. The summed E-state index contributed by atoms with van der Waals surface area (Å²) in [5.41, 5.74) is 0.184. The minimum atomic E-state index is -4.01. The zero-order valence-electron chi connectivity index (χ0n) is 20.5. The molecule has 7 nitrogen and oxygen atoms in total. The summed E-state index contributed by atoms with van der Waals surface area (Å²) in [6.45, 7) is 1.90. The van der Waals surface area contributed by atoms with Crippen LogP contribution in [0.2, 0.25) is 0 Å². The number of nitriles is 1. The fourth-order valence-corrected chi connectivity index (χ4v) is 6.68. The van der Waals surface area contributed by atoms with Gasteiger partial charge in [0, 0.05) is 12.0 Å². The molecule has 1 aliphatic rings. The maximum atomic E-state index is 14.4. The highest BCUT2D eigenvalue weighted by molar-refractivity contribution is 7.51. The maximum absolute atomic E-state index is 14.4. The molecule has 8 heteroatoms. The van der Waals surface area contributed by atoms with Gasteiger partial charge in [0.05, 0.1) is 13.5 Å². The Labute approximate surface area is 211 Å². The van der Waals surface area contributed by atoms with Gasteiger partial charge in [0.25, 0.3) is 0 Å². The Balaban J connectivity index is 1.85. The van der Waals surface area contributed by atoms with Gasteiger partial charge in [-0.3, -0.25) is 13.8 Å². The molecule has 0 N–H and O–H groups in total. The van der Waals surface area contributed by atoms with Crippen LogP contribution < -0.4 is 0 Å². The molecular weight excluding hydrogens is 475 g/mol. The van der Waals surface area contributed by atoms with Crippen molar-refractivity contribution in [2.75, 3.05) is 14.2 Å². The van der Waals surface area contributed by atoms with Gasteiger partial charge in [-0.25, -0.2) is 9.24 Å². The second-order valence-corrected chi connectivity index (χ2v) is 10.7. The molecule has 3 aromatic carbocycles. The molecule has 0 radical (unpaired) electrons. The molecule has 0 aliphatic carbocycles. The van der Waals surface area contributed by atoms with Crippen LogP contribution in [-0.2, 0) is 28.7 Å². The number of ether oxygens (including phenoxy) is 1. The number of nitrogens with zero attached hydrogens (tertiary/aromatic N) is 2. The first kappa shape index (κ1) is 25.8. The zero-order valence-corrected chi connectivity index (χ0v) is 21.4. The summed E-state index contributed by atoms with van der Waals surface area (Å²) in [7, 11) is -1.05. The number of benzene rings is 3. The molecule has 1 saturated heterocycles. The highest BCUT2D eigenvalue weighted by Gasteiger charge is 2.56. The Morgan fingerprint density at radius 1 is 1.06 bits per heavy atom. The second-order valence-electron chi connectivity index (χ2n) is 8.77. The van der Waals surface area contributed by atoms with E-state index in [9.17, 15) is 14.6 Å². The Morgan fingerprint density at radius 2 is 1.61 bits per heavy atom. The van der Waals surface area contributed by atoms with E-state index in [2.05, 4.69) is 6.07 Å². The molecule has 0 aromatic heterocycles. The number of rotatable bonds is 8. The molecule has 3 aromatic rings. The lowest BCUT2D eigenvalue weighted by Crippen LogP contribution is -2.37. The van der Waals surface area contributed by atoms with Crippen LogP contribution in [0.5, 0.6) is 0 Å². The van der Waals surface area contributed by atoms with E-state index < -0.39 is 31.3 Å². The molecule has 0 spiro atoms. The van der Waals surface area contributed by atoms with Crippen molar-refractivity contribution in [3.8, 4) is 6.07 Å². The van der Waals surface area contributed by atoms with E-state index >= 15 is 0 Å². The van der Waals surface area contributed by atoms with Crippen LogP contribution in [0.15, 0.2) is 91.0 Å². The first-order valence-electron chi connectivity index (χ1n) is 11.7. The molecule has 0 saturated carbocycles. The van der Waals surface area contributed by atoms with Crippen molar-refractivity contribution in [1.29, 1.82) is 5.26 Å². The van der Waals surface area contributed by atoms with Crippen molar-refractivity contribution < 1.29 is 23.1 Å². The quantitative estimate of drug-likeness (QED) is 0.276. The number of hydrogen-bond donors (Lipinski definition) is 0. The third kappa shape index (κ3) is 4.86. The first-order chi connectivity index (χ1) is 17.3. The van der Waals surface area contributed by atoms with E-state index in [1.807, 2.05) is 73.7 Å². The lowest BCUT2D eigenvalue weighted by molar-refractivity contribution is -0.142. The fourth-order valence-electron chi connectivity index (χ4n) is 4.57. The summed E-state index contributed by atoms with van der Waals surface area (Å²) in [4.78, 5) is 12.6. The van der Waals surface area contributed by atoms with Gasteiger partial charge in [-0.05, 0) is 30.7 Å². The van der Waals surface area contributed by atoms with E-state index in [4.69, 9.17) is 13.8 Å². The number of carbonyl (C=O) groups excluding carboxylic acids is 1. The van der Waals surface area contributed by atoms with Gasteiger partial charge >= 0.3 is 13.7 Å². The van der Waals surface area contributed by atoms with Crippen molar-refractivity contribution in [2.24, 2.45) is 0 Å². The minimum absolute atomic E-state index is 0.162. The highest BCUT2D eigenvalue weighted by atomic mass is 31.2. The third-order valence-electron chi connectivity index (χ3n) is 6.71. The molecule has 4 rings (SSSR count). The van der Waals surface area contributed by atoms with Crippen LogP contribution in [0.1, 0.15) is 42.1 Å². The third-order valence-corrected chi connectivity index (χ3v) is 8.86. The molecule has 1 heterocycles.